The summed E-state index contributed by atoms with van der Waals surface area (Å²) in [6.07, 6.45) is 1.67. The maximum Gasteiger partial charge on any atom is 0.327 e. The lowest BCUT2D eigenvalue weighted by Crippen LogP contribution is -2.55. The minimum Gasteiger partial charge on any atom is -0.457 e. The number of benzene rings is 2. The molecule has 1 saturated heterocycles. The van der Waals surface area contributed by atoms with E-state index in [1.807, 2.05) is 54.6 Å². The number of nitrogens with one attached hydrogen (secondary N) is 3. The van der Waals surface area contributed by atoms with E-state index in [-0.39, 0.29) is 18.0 Å². The zero-order valence-corrected chi connectivity index (χ0v) is 20.1. The number of anilines is 2. The number of carbonyl (C=O) groups is 2. The molecule has 3 aliphatic heterocycles. The van der Waals surface area contributed by atoms with Crippen LogP contribution in [0.15, 0.2) is 71.9 Å². The fraction of sp³-hybridized carbons (Fsp3) is 0.269. The quantitative estimate of drug-likeness (QED) is 0.423. The molecule has 0 bridgehead atoms. The number of aromatic nitrogens is 1. The Morgan fingerprint density at radius 1 is 1.11 bits per heavy atom. The van der Waals surface area contributed by atoms with E-state index < -0.39 is 17.4 Å². The van der Waals surface area contributed by atoms with Gasteiger partial charge >= 0.3 is 6.03 Å². The first-order valence-electron chi connectivity index (χ1n) is 11.9. The van der Waals surface area contributed by atoms with Gasteiger partial charge in [-0.25, -0.2) is 9.78 Å². The van der Waals surface area contributed by atoms with Gasteiger partial charge in [-0.3, -0.25) is 9.69 Å². The Morgan fingerprint density at radius 3 is 2.67 bits per heavy atom. The molecule has 4 atom stereocenters. The van der Waals surface area contributed by atoms with E-state index in [0.29, 0.717) is 30.1 Å². The summed E-state index contributed by atoms with van der Waals surface area (Å²) in [5.74, 6) is 1.18. The molecule has 3 aliphatic rings. The first kappa shape index (κ1) is 22.8. The van der Waals surface area contributed by atoms with Crippen LogP contribution in [0.25, 0.3) is 0 Å². The number of ether oxygens (including phenoxy) is 1. The summed E-state index contributed by atoms with van der Waals surface area (Å²) >= 11 is 1.34. The molecule has 0 radical (unpaired) electrons. The zero-order valence-electron chi connectivity index (χ0n) is 19.3. The third-order valence-corrected chi connectivity index (χ3v) is 7.90. The number of piperidine rings is 1. The van der Waals surface area contributed by atoms with Crippen molar-refractivity contribution in [3.63, 3.8) is 0 Å². The summed E-state index contributed by atoms with van der Waals surface area (Å²) in [6.45, 7) is 1.18. The Morgan fingerprint density at radius 2 is 1.89 bits per heavy atom. The summed E-state index contributed by atoms with van der Waals surface area (Å²) in [5, 5.41) is 19.5. The zero-order chi connectivity index (χ0) is 24.6. The number of rotatable bonds is 5. The van der Waals surface area contributed by atoms with Crippen molar-refractivity contribution >= 4 is 35.1 Å². The van der Waals surface area contributed by atoms with Crippen LogP contribution in [0.3, 0.4) is 0 Å². The van der Waals surface area contributed by atoms with Crippen molar-refractivity contribution in [2.75, 3.05) is 18.0 Å². The number of aliphatic hydroxyl groups is 1. The molecule has 0 saturated carbocycles. The van der Waals surface area contributed by atoms with Crippen molar-refractivity contribution < 1.29 is 19.4 Å². The van der Waals surface area contributed by atoms with Gasteiger partial charge in [-0.15, -0.1) is 0 Å². The van der Waals surface area contributed by atoms with Gasteiger partial charge in [0.1, 0.15) is 21.8 Å². The number of aliphatic hydroxyl groups excluding tert-OH is 1. The molecule has 2 unspecified atom stereocenters. The first-order chi connectivity index (χ1) is 17.6. The van der Waals surface area contributed by atoms with E-state index in [9.17, 15) is 14.7 Å². The Balaban J connectivity index is 1.24. The number of β-amino-alcohol motifs (C(OH)–C–C–N with tert-alkyl or cyclic N) is 1. The number of carbonyl (C=O) groups excluding carboxylic acids is 2. The molecular weight excluding hydrogens is 478 g/mol. The van der Waals surface area contributed by atoms with Crippen molar-refractivity contribution in [2.45, 2.75) is 34.9 Å². The lowest BCUT2D eigenvalue weighted by molar-refractivity contribution is -0.122. The standard InChI is InChI=1S/C26H25N5O4S/c32-20-14-27-12-10-18(20)29-24(33)23-22-21-19(11-13-28-25(21)36-23)31(26(34)30-22)15-6-8-17(9-7-15)35-16-4-2-1-3-5-16/h1-9,11,13,18,20,22-23,27,32H,10,12,14H2,(H,29,33)(H,30,34)/t18-,20+,22?,23?/m0/s1. The van der Waals surface area contributed by atoms with Crippen LogP contribution in [0, 0.1) is 0 Å². The number of nitrogens with zero attached hydrogens (tertiary/aromatic N) is 2. The summed E-state index contributed by atoms with van der Waals surface area (Å²) in [7, 11) is 0. The Hall–Kier alpha value is -3.60. The Bertz CT molecular complexity index is 1290. The minimum atomic E-state index is -0.643. The van der Waals surface area contributed by atoms with Gasteiger partial charge in [0.25, 0.3) is 0 Å². The Kier molecular flexibility index (Phi) is 6.00. The molecule has 9 nitrogen and oxygen atoms in total. The van der Waals surface area contributed by atoms with Gasteiger partial charge in [-0.2, -0.15) is 0 Å². The van der Waals surface area contributed by atoms with Gasteiger partial charge in [0.05, 0.1) is 29.6 Å². The number of para-hydroxylation sites is 1. The molecule has 1 aromatic heterocycles. The smallest absolute Gasteiger partial charge is 0.327 e. The van der Waals surface area contributed by atoms with Crippen LogP contribution < -0.4 is 25.6 Å². The first-order valence-corrected chi connectivity index (χ1v) is 12.7. The summed E-state index contributed by atoms with van der Waals surface area (Å²) in [4.78, 5) is 32.6. The Labute approximate surface area is 212 Å². The topological polar surface area (TPSA) is 116 Å². The van der Waals surface area contributed by atoms with Crippen LogP contribution in [0.5, 0.6) is 11.5 Å². The van der Waals surface area contributed by atoms with Crippen molar-refractivity contribution in [3.8, 4) is 11.5 Å². The molecule has 184 valence electrons. The van der Waals surface area contributed by atoms with Crippen LogP contribution in [0.2, 0.25) is 0 Å². The van der Waals surface area contributed by atoms with E-state index in [1.165, 1.54) is 11.8 Å². The molecule has 10 heteroatoms. The van der Waals surface area contributed by atoms with Gasteiger partial charge < -0.3 is 25.8 Å². The third kappa shape index (κ3) is 4.17. The predicted octanol–water partition coefficient (Wildman–Crippen LogP) is 3.09. The predicted molar refractivity (Wildman–Crippen MR) is 136 cm³/mol. The summed E-state index contributed by atoms with van der Waals surface area (Å²) in [6, 6.07) is 17.5. The van der Waals surface area contributed by atoms with Crippen LogP contribution in [-0.4, -0.2) is 52.5 Å². The number of amides is 3. The molecule has 3 amide bonds. The minimum absolute atomic E-state index is 0.212. The van der Waals surface area contributed by atoms with Crippen molar-refractivity contribution in [1.82, 2.24) is 20.9 Å². The van der Waals surface area contributed by atoms with Gasteiger partial charge in [0.2, 0.25) is 5.91 Å². The molecule has 1 fully saturated rings. The second-order valence-corrected chi connectivity index (χ2v) is 10.1. The highest BCUT2D eigenvalue weighted by Gasteiger charge is 2.47. The SMILES string of the molecule is O=C(N[C@H]1CCNC[C@H]1O)C1Sc2nccc3c2C1NC(=O)N3c1ccc(Oc2ccccc2)cc1. The number of urea groups is 1. The van der Waals surface area contributed by atoms with E-state index in [4.69, 9.17) is 4.74 Å². The molecular formula is C26H25N5O4S. The van der Waals surface area contributed by atoms with Crippen LogP contribution in [0.1, 0.15) is 18.0 Å². The van der Waals surface area contributed by atoms with Crippen molar-refractivity contribution in [2.24, 2.45) is 0 Å². The number of pyridine rings is 1. The molecule has 4 heterocycles. The molecule has 0 aliphatic carbocycles. The molecule has 4 N–H and O–H groups in total. The highest BCUT2D eigenvalue weighted by molar-refractivity contribution is 8.01. The highest BCUT2D eigenvalue weighted by atomic mass is 32.2. The lowest BCUT2D eigenvalue weighted by Gasteiger charge is -2.35. The van der Waals surface area contributed by atoms with Crippen molar-refractivity contribution in [3.05, 3.63) is 72.4 Å². The van der Waals surface area contributed by atoms with Gasteiger partial charge in [0.15, 0.2) is 0 Å². The van der Waals surface area contributed by atoms with Crippen LogP contribution in [0.4, 0.5) is 16.2 Å². The second kappa shape index (κ2) is 9.45. The number of hydrogen-bond acceptors (Lipinski definition) is 7. The second-order valence-electron chi connectivity index (χ2n) is 8.93. The van der Waals surface area contributed by atoms with Gasteiger partial charge in [0, 0.05) is 18.3 Å². The normalized spacial score (nSPS) is 24.6. The van der Waals surface area contributed by atoms with Gasteiger partial charge in [-0.1, -0.05) is 30.0 Å². The van der Waals surface area contributed by atoms with E-state index in [1.54, 1.807) is 17.2 Å². The van der Waals surface area contributed by atoms with Crippen molar-refractivity contribution in [1.29, 1.82) is 0 Å². The van der Waals surface area contributed by atoms with E-state index in [0.717, 1.165) is 22.9 Å². The molecule has 0 spiro atoms. The van der Waals surface area contributed by atoms with E-state index in [2.05, 4.69) is 20.9 Å². The fourth-order valence-electron chi connectivity index (χ4n) is 4.84. The third-order valence-electron chi connectivity index (χ3n) is 6.62. The molecule has 6 rings (SSSR count). The molecule has 2 aromatic carbocycles. The summed E-state index contributed by atoms with van der Waals surface area (Å²) < 4.78 is 5.87. The lowest BCUT2D eigenvalue weighted by atomic mass is 9.98. The average molecular weight is 504 g/mol. The maximum atomic E-state index is 13.3. The molecule has 36 heavy (non-hydrogen) atoms. The highest BCUT2D eigenvalue weighted by Crippen LogP contribution is 2.50. The summed E-state index contributed by atoms with van der Waals surface area (Å²) in [5.41, 5.74) is 2.21. The van der Waals surface area contributed by atoms with Gasteiger partial charge in [-0.05, 0) is 55.4 Å². The van der Waals surface area contributed by atoms with Crippen LogP contribution >= 0.6 is 11.8 Å². The average Bonchev–Trinajstić information content (AvgIpc) is 3.26. The van der Waals surface area contributed by atoms with Crippen LogP contribution in [-0.2, 0) is 4.79 Å². The number of thioether (sulfide) groups is 1. The largest absolute Gasteiger partial charge is 0.457 e. The maximum absolute atomic E-state index is 13.3. The monoisotopic (exact) mass is 503 g/mol. The number of hydrogen-bond donors (Lipinski definition) is 4. The fourth-order valence-corrected chi connectivity index (χ4v) is 6.08. The molecule has 3 aromatic rings. The van der Waals surface area contributed by atoms with E-state index >= 15 is 0 Å².